The number of amides is 1. The van der Waals surface area contributed by atoms with Crippen LogP contribution in [-0.2, 0) is 9.53 Å². The van der Waals surface area contributed by atoms with E-state index in [4.69, 9.17) is 9.47 Å². The van der Waals surface area contributed by atoms with Gasteiger partial charge in [-0.15, -0.1) is 0 Å². The van der Waals surface area contributed by atoms with E-state index in [0.717, 1.165) is 16.8 Å². The second-order valence-electron chi connectivity index (χ2n) is 5.94. The Kier molecular flexibility index (Phi) is 5.88. The van der Waals surface area contributed by atoms with E-state index in [9.17, 15) is 9.59 Å². The summed E-state index contributed by atoms with van der Waals surface area (Å²) in [6.45, 7) is 3.14. The summed E-state index contributed by atoms with van der Waals surface area (Å²) in [6, 6.07) is 15.0. The number of ketones is 1. The molecule has 6 nitrogen and oxygen atoms in total. The molecule has 0 spiro atoms. The molecule has 0 unspecified atom stereocenters. The number of aromatic nitrogens is 1. The Morgan fingerprint density at radius 2 is 1.89 bits per heavy atom. The number of hydrogen-bond acceptors (Lipinski definition) is 4. The number of rotatable bonds is 8. The Hall–Kier alpha value is -3.12. The maximum absolute atomic E-state index is 12.9. The molecular weight excluding hydrogens is 344 g/mol. The Bertz CT molecular complexity index is 944. The fourth-order valence-electron chi connectivity index (χ4n) is 2.93. The molecule has 0 saturated carbocycles. The molecule has 27 heavy (non-hydrogen) atoms. The first-order valence-electron chi connectivity index (χ1n) is 8.80. The molecule has 2 aromatic heterocycles. The second-order valence-corrected chi connectivity index (χ2v) is 5.94. The van der Waals surface area contributed by atoms with E-state index in [-0.39, 0.29) is 6.54 Å². The quantitative estimate of drug-likeness (QED) is 0.378. The van der Waals surface area contributed by atoms with Crippen molar-refractivity contribution in [3.8, 4) is 16.9 Å². The summed E-state index contributed by atoms with van der Waals surface area (Å²) in [4.78, 5) is 25.2. The van der Waals surface area contributed by atoms with E-state index in [2.05, 4.69) is 5.32 Å². The molecule has 3 aromatic rings. The molecule has 1 aromatic carbocycles. The van der Waals surface area contributed by atoms with Crippen LogP contribution in [0.25, 0.3) is 16.6 Å². The average molecular weight is 366 g/mol. The number of pyridine rings is 1. The van der Waals surface area contributed by atoms with Crippen molar-refractivity contribution < 1.29 is 19.1 Å². The number of carbonyl (C=O) groups excluding carboxylic acids is 2. The SMILES string of the molecule is CCOc1ccc(-c2cc3ccccn3c2C(=O)C(=O)NCCOC)cc1. The van der Waals surface area contributed by atoms with Crippen molar-refractivity contribution in [1.82, 2.24) is 9.72 Å². The van der Waals surface area contributed by atoms with E-state index in [1.165, 1.54) is 0 Å². The van der Waals surface area contributed by atoms with Crippen LogP contribution in [-0.4, -0.2) is 43.0 Å². The maximum atomic E-state index is 12.9. The van der Waals surface area contributed by atoms with Crippen LogP contribution in [0.5, 0.6) is 5.75 Å². The number of carbonyl (C=O) groups is 2. The molecule has 140 valence electrons. The largest absolute Gasteiger partial charge is 0.494 e. The fourth-order valence-corrected chi connectivity index (χ4v) is 2.93. The van der Waals surface area contributed by atoms with E-state index in [1.807, 2.05) is 55.5 Å². The van der Waals surface area contributed by atoms with Gasteiger partial charge in [-0.05, 0) is 42.8 Å². The fraction of sp³-hybridized carbons (Fsp3) is 0.238. The number of hydrogen-bond donors (Lipinski definition) is 1. The summed E-state index contributed by atoms with van der Waals surface area (Å²) < 4.78 is 12.1. The first-order chi connectivity index (χ1) is 13.2. The second kappa shape index (κ2) is 8.51. The summed E-state index contributed by atoms with van der Waals surface area (Å²) >= 11 is 0. The third kappa shape index (κ3) is 4.01. The van der Waals surface area contributed by atoms with Crippen LogP contribution in [0.3, 0.4) is 0 Å². The van der Waals surface area contributed by atoms with Crippen LogP contribution in [0.2, 0.25) is 0 Å². The van der Waals surface area contributed by atoms with Gasteiger partial charge in [-0.3, -0.25) is 9.59 Å². The van der Waals surface area contributed by atoms with E-state index < -0.39 is 11.7 Å². The Labute approximate surface area is 157 Å². The molecule has 0 bridgehead atoms. The number of nitrogens with one attached hydrogen (secondary N) is 1. The van der Waals surface area contributed by atoms with Gasteiger partial charge >= 0.3 is 0 Å². The number of methoxy groups -OCH3 is 1. The van der Waals surface area contributed by atoms with E-state index in [0.29, 0.717) is 24.5 Å². The minimum absolute atomic E-state index is 0.281. The molecule has 2 heterocycles. The van der Waals surface area contributed by atoms with Crippen molar-refractivity contribution in [2.45, 2.75) is 6.92 Å². The predicted molar refractivity (Wildman–Crippen MR) is 103 cm³/mol. The molecular formula is C21H22N2O4. The molecule has 0 aliphatic carbocycles. The summed E-state index contributed by atoms with van der Waals surface area (Å²) in [5, 5.41) is 2.59. The van der Waals surface area contributed by atoms with Crippen LogP contribution in [0, 0.1) is 0 Å². The first-order valence-corrected chi connectivity index (χ1v) is 8.80. The molecule has 1 amide bonds. The molecule has 0 aliphatic heterocycles. The van der Waals surface area contributed by atoms with Crippen molar-refractivity contribution >= 4 is 17.2 Å². The topological polar surface area (TPSA) is 69.0 Å². The number of benzene rings is 1. The van der Waals surface area contributed by atoms with E-state index >= 15 is 0 Å². The van der Waals surface area contributed by atoms with Gasteiger partial charge in [-0.2, -0.15) is 0 Å². The summed E-state index contributed by atoms with van der Waals surface area (Å²) in [7, 11) is 1.54. The lowest BCUT2D eigenvalue weighted by molar-refractivity contribution is -0.117. The van der Waals surface area contributed by atoms with Crippen LogP contribution in [0.15, 0.2) is 54.7 Å². The van der Waals surface area contributed by atoms with Gasteiger partial charge in [0.15, 0.2) is 0 Å². The lowest BCUT2D eigenvalue weighted by Gasteiger charge is -2.08. The normalized spacial score (nSPS) is 10.7. The molecule has 0 fully saturated rings. The van der Waals surface area contributed by atoms with Crippen LogP contribution in [0.1, 0.15) is 17.4 Å². The van der Waals surface area contributed by atoms with Gasteiger partial charge in [-0.25, -0.2) is 0 Å². The monoisotopic (exact) mass is 366 g/mol. The Morgan fingerprint density at radius 3 is 2.59 bits per heavy atom. The van der Waals surface area contributed by atoms with Crippen molar-refractivity contribution in [3.05, 3.63) is 60.4 Å². The molecule has 1 N–H and O–H groups in total. The van der Waals surface area contributed by atoms with Gasteiger partial charge in [0.25, 0.3) is 11.7 Å². The highest BCUT2D eigenvalue weighted by atomic mass is 16.5. The molecule has 0 saturated heterocycles. The van der Waals surface area contributed by atoms with Crippen molar-refractivity contribution in [1.29, 1.82) is 0 Å². The number of ether oxygens (including phenoxy) is 2. The minimum Gasteiger partial charge on any atom is -0.494 e. The van der Waals surface area contributed by atoms with Gasteiger partial charge < -0.3 is 19.2 Å². The van der Waals surface area contributed by atoms with Gasteiger partial charge in [0.1, 0.15) is 11.4 Å². The predicted octanol–water partition coefficient (Wildman–Crippen LogP) is 2.95. The number of nitrogens with zero attached hydrogens (tertiary/aromatic N) is 1. The van der Waals surface area contributed by atoms with Crippen LogP contribution < -0.4 is 10.1 Å². The first kappa shape index (κ1) is 18.7. The molecule has 6 heteroatoms. The van der Waals surface area contributed by atoms with Crippen molar-refractivity contribution in [2.24, 2.45) is 0 Å². The Balaban J connectivity index is 2.01. The van der Waals surface area contributed by atoms with Gasteiger partial charge in [0.2, 0.25) is 0 Å². The van der Waals surface area contributed by atoms with Gasteiger partial charge in [0.05, 0.1) is 13.2 Å². The maximum Gasteiger partial charge on any atom is 0.294 e. The third-order valence-electron chi connectivity index (χ3n) is 4.17. The summed E-state index contributed by atoms with van der Waals surface area (Å²) in [6.07, 6.45) is 1.78. The van der Waals surface area contributed by atoms with Gasteiger partial charge in [0, 0.05) is 30.9 Å². The minimum atomic E-state index is -0.650. The lowest BCUT2D eigenvalue weighted by Crippen LogP contribution is -2.34. The van der Waals surface area contributed by atoms with Crippen molar-refractivity contribution in [3.63, 3.8) is 0 Å². The average Bonchev–Trinajstić information content (AvgIpc) is 3.08. The standard InChI is InChI=1S/C21H22N2O4/c1-3-27-17-9-7-15(8-10-17)18-14-16-6-4-5-12-23(16)19(18)20(24)21(25)22-11-13-26-2/h4-10,12,14H,3,11,13H2,1-2H3,(H,22,25). The zero-order valence-corrected chi connectivity index (χ0v) is 15.4. The zero-order chi connectivity index (χ0) is 19.2. The highest BCUT2D eigenvalue weighted by molar-refractivity contribution is 6.43. The van der Waals surface area contributed by atoms with Crippen molar-refractivity contribution in [2.75, 3.05) is 26.9 Å². The molecule has 3 rings (SSSR count). The van der Waals surface area contributed by atoms with E-state index in [1.54, 1.807) is 17.7 Å². The Morgan fingerprint density at radius 1 is 1.11 bits per heavy atom. The molecule has 0 aliphatic rings. The zero-order valence-electron chi connectivity index (χ0n) is 15.4. The van der Waals surface area contributed by atoms with Crippen LogP contribution >= 0.6 is 0 Å². The highest BCUT2D eigenvalue weighted by Gasteiger charge is 2.24. The smallest absolute Gasteiger partial charge is 0.294 e. The number of fused-ring (bicyclic) bond motifs is 1. The third-order valence-corrected chi connectivity index (χ3v) is 4.17. The molecule has 0 radical (unpaired) electrons. The highest BCUT2D eigenvalue weighted by Crippen LogP contribution is 2.29. The summed E-state index contributed by atoms with van der Waals surface area (Å²) in [5.74, 6) is -0.473. The van der Waals surface area contributed by atoms with Crippen LogP contribution in [0.4, 0.5) is 0 Å². The number of Topliss-reactive ketones (excluding diaryl/α,β-unsaturated/α-hetero) is 1. The lowest BCUT2D eigenvalue weighted by atomic mass is 10.0. The molecule has 0 atom stereocenters. The summed E-state index contributed by atoms with van der Waals surface area (Å²) in [5.41, 5.74) is 2.73. The van der Waals surface area contributed by atoms with Gasteiger partial charge in [-0.1, -0.05) is 18.2 Å².